The van der Waals surface area contributed by atoms with Crippen LogP contribution < -0.4 is 19.9 Å². The number of hydrogen-bond donors (Lipinski definition) is 2. The van der Waals surface area contributed by atoms with Crippen molar-refractivity contribution in [1.82, 2.24) is 0 Å². The number of halogens is 2. The lowest BCUT2D eigenvalue weighted by atomic mass is 10.2. The molecule has 0 fully saturated rings. The van der Waals surface area contributed by atoms with E-state index in [-0.39, 0.29) is 17.3 Å². The molecule has 0 aliphatic heterocycles. The lowest BCUT2D eigenvalue weighted by Gasteiger charge is -2.16. The Balaban J connectivity index is 1.72. The Labute approximate surface area is 189 Å². The zero-order valence-corrected chi connectivity index (χ0v) is 19.2. The highest BCUT2D eigenvalue weighted by Crippen LogP contribution is 2.37. The SMILES string of the molecule is CCOc1cc(CNc2ccc(S(N)(=O)=O)cc2)cc(Br)c1OCc1ccc(F)cc1. The second-order valence-electron chi connectivity index (χ2n) is 6.68. The van der Waals surface area contributed by atoms with E-state index in [1.165, 1.54) is 24.3 Å². The fourth-order valence-corrected chi connectivity index (χ4v) is 3.95. The van der Waals surface area contributed by atoms with Crippen LogP contribution in [-0.2, 0) is 23.2 Å². The smallest absolute Gasteiger partial charge is 0.238 e. The number of anilines is 1. The van der Waals surface area contributed by atoms with Crippen LogP contribution >= 0.6 is 15.9 Å². The van der Waals surface area contributed by atoms with Gasteiger partial charge in [-0.15, -0.1) is 0 Å². The first-order valence-corrected chi connectivity index (χ1v) is 11.8. The van der Waals surface area contributed by atoms with E-state index in [0.29, 0.717) is 24.7 Å². The van der Waals surface area contributed by atoms with E-state index in [1.54, 1.807) is 24.3 Å². The van der Waals surface area contributed by atoms with Crippen LogP contribution in [0.3, 0.4) is 0 Å². The van der Waals surface area contributed by atoms with E-state index in [1.807, 2.05) is 19.1 Å². The summed E-state index contributed by atoms with van der Waals surface area (Å²) in [6.07, 6.45) is 0. The van der Waals surface area contributed by atoms with E-state index < -0.39 is 10.0 Å². The molecule has 164 valence electrons. The number of benzene rings is 3. The summed E-state index contributed by atoms with van der Waals surface area (Å²) in [5.41, 5.74) is 2.52. The maximum atomic E-state index is 13.1. The van der Waals surface area contributed by atoms with Gasteiger partial charge in [0.2, 0.25) is 10.0 Å². The standard InChI is InChI=1S/C22H22BrFN2O4S/c1-2-29-21-12-16(13-26-18-7-9-19(10-8-18)31(25,27)28)11-20(23)22(21)30-14-15-3-5-17(24)6-4-15/h3-12,26H,2,13-14H2,1H3,(H2,25,27,28). The van der Waals surface area contributed by atoms with Gasteiger partial charge in [0.15, 0.2) is 11.5 Å². The van der Waals surface area contributed by atoms with Crippen LogP contribution in [0.2, 0.25) is 0 Å². The topological polar surface area (TPSA) is 90.6 Å². The molecule has 0 unspecified atom stereocenters. The van der Waals surface area contributed by atoms with Crippen LogP contribution in [0.1, 0.15) is 18.1 Å². The summed E-state index contributed by atoms with van der Waals surface area (Å²) in [5, 5.41) is 8.35. The van der Waals surface area contributed by atoms with Gasteiger partial charge in [0, 0.05) is 12.2 Å². The van der Waals surface area contributed by atoms with Crippen molar-refractivity contribution in [3.63, 3.8) is 0 Å². The molecule has 31 heavy (non-hydrogen) atoms. The summed E-state index contributed by atoms with van der Waals surface area (Å²) >= 11 is 3.54. The predicted octanol–water partition coefficient (Wildman–Crippen LogP) is 4.83. The minimum Gasteiger partial charge on any atom is -0.490 e. The van der Waals surface area contributed by atoms with Crippen LogP contribution in [0.25, 0.3) is 0 Å². The average Bonchev–Trinajstić information content (AvgIpc) is 2.73. The molecular formula is C22H22BrFN2O4S. The van der Waals surface area contributed by atoms with Crippen molar-refractivity contribution in [3.8, 4) is 11.5 Å². The Morgan fingerprint density at radius 2 is 1.68 bits per heavy atom. The van der Waals surface area contributed by atoms with Gasteiger partial charge in [-0.1, -0.05) is 12.1 Å². The van der Waals surface area contributed by atoms with Gasteiger partial charge >= 0.3 is 0 Å². The third-order valence-corrected chi connectivity index (χ3v) is 5.86. The molecule has 0 spiro atoms. The molecule has 0 amide bonds. The van der Waals surface area contributed by atoms with Gasteiger partial charge in [-0.2, -0.15) is 0 Å². The van der Waals surface area contributed by atoms with Crippen molar-refractivity contribution in [2.24, 2.45) is 5.14 Å². The Morgan fingerprint density at radius 1 is 1.00 bits per heavy atom. The molecule has 0 saturated heterocycles. The van der Waals surface area contributed by atoms with Crippen molar-refractivity contribution in [2.75, 3.05) is 11.9 Å². The lowest BCUT2D eigenvalue weighted by Crippen LogP contribution is -2.12. The Bertz CT molecular complexity index is 1140. The third-order valence-electron chi connectivity index (χ3n) is 4.35. The summed E-state index contributed by atoms with van der Waals surface area (Å²) in [5.74, 6) is 0.851. The molecular weight excluding hydrogens is 487 g/mol. The van der Waals surface area contributed by atoms with Crippen LogP contribution in [0.4, 0.5) is 10.1 Å². The van der Waals surface area contributed by atoms with E-state index in [0.717, 1.165) is 21.3 Å². The lowest BCUT2D eigenvalue weighted by molar-refractivity contribution is 0.267. The molecule has 0 bridgehead atoms. The molecule has 6 nitrogen and oxygen atoms in total. The van der Waals surface area contributed by atoms with Crippen LogP contribution in [0, 0.1) is 5.82 Å². The number of primary sulfonamides is 1. The third kappa shape index (κ3) is 6.43. The van der Waals surface area contributed by atoms with Crippen molar-refractivity contribution < 1.29 is 22.3 Å². The highest BCUT2D eigenvalue weighted by molar-refractivity contribution is 9.10. The maximum Gasteiger partial charge on any atom is 0.238 e. The molecule has 0 heterocycles. The van der Waals surface area contributed by atoms with E-state index in [4.69, 9.17) is 14.6 Å². The van der Waals surface area contributed by atoms with Crippen molar-refractivity contribution in [3.05, 3.63) is 82.1 Å². The minimum atomic E-state index is -3.72. The van der Waals surface area contributed by atoms with Gasteiger partial charge in [-0.3, -0.25) is 0 Å². The van der Waals surface area contributed by atoms with Gasteiger partial charge in [-0.05, 0) is 82.5 Å². The first kappa shape index (κ1) is 23.1. The van der Waals surface area contributed by atoms with Gasteiger partial charge in [0.1, 0.15) is 12.4 Å². The maximum absolute atomic E-state index is 13.1. The molecule has 0 saturated carbocycles. The summed E-state index contributed by atoms with van der Waals surface area (Å²) in [4.78, 5) is 0.0575. The zero-order chi connectivity index (χ0) is 22.4. The van der Waals surface area contributed by atoms with E-state index in [9.17, 15) is 12.8 Å². The number of nitrogens with two attached hydrogens (primary N) is 1. The van der Waals surface area contributed by atoms with Crippen molar-refractivity contribution in [1.29, 1.82) is 0 Å². The minimum absolute atomic E-state index is 0.0575. The molecule has 9 heteroatoms. The molecule has 0 aliphatic carbocycles. The van der Waals surface area contributed by atoms with Crippen LogP contribution in [0.15, 0.2) is 70.0 Å². The summed E-state index contributed by atoms with van der Waals surface area (Å²) in [7, 11) is -3.72. The number of nitrogens with one attached hydrogen (secondary N) is 1. The number of sulfonamides is 1. The molecule has 3 aromatic carbocycles. The molecule has 0 aliphatic rings. The summed E-state index contributed by atoms with van der Waals surface area (Å²) in [6, 6.07) is 16.1. The van der Waals surface area contributed by atoms with E-state index >= 15 is 0 Å². The number of ether oxygens (including phenoxy) is 2. The van der Waals surface area contributed by atoms with Gasteiger partial charge < -0.3 is 14.8 Å². The number of hydrogen-bond acceptors (Lipinski definition) is 5. The monoisotopic (exact) mass is 508 g/mol. The second kappa shape index (κ2) is 10.1. The van der Waals surface area contributed by atoms with Crippen molar-refractivity contribution >= 4 is 31.6 Å². The first-order chi connectivity index (χ1) is 14.8. The molecule has 0 aromatic heterocycles. The summed E-state index contributed by atoms with van der Waals surface area (Å²) in [6.45, 7) is 3.10. The zero-order valence-electron chi connectivity index (χ0n) is 16.8. The Hall–Kier alpha value is -2.62. The molecule has 3 rings (SSSR count). The summed E-state index contributed by atoms with van der Waals surface area (Å²) < 4.78 is 48.2. The van der Waals surface area contributed by atoms with Gasteiger partial charge in [0.25, 0.3) is 0 Å². The molecule has 0 radical (unpaired) electrons. The quantitative estimate of drug-likeness (QED) is 0.432. The largest absolute Gasteiger partial charge is 0.490 e. The van der Waals surface area contributed by atoms with Gasteiger partial charge in [0.05, 0.1) is 16.0 Å². The number of rotatable bonds is 9. The normalized spacial score (nSPS) is 11.2. The molecule has 0 atom stereocenters. The first-order valence-electron chi connectivity index (χ1n) is 9.45. The average molecular weight is 509 g/mol. The highest BCUT2D eigenvalue weighted by atomic mass is 79.9. The van der Waals surface area contributed by atoms with Crippen LogP contribution in [0.5, 0.6) is 11.5 Å². The fourth-order valence-electron chi connectivity index (χ4n) is 2.83. The fraction of sp³-hybridized carbons (Fsp3) is 0.182. The van der Waals surface area contributed by atoms with E-state index in [2.05, 4.69) is 21.2 Å². The van der Waals surface area contributed by atoms with Crippen LogP contribution in [-0.4, -0.2) is 15.0 Å². The Morgan fingerprint density at radius 3 is 2.29 bits per heavy atom. The predicted molar refractivity (Wildman–Crippen MR) is 121 cm³/mol. The molecule has 3 aromatic rings. The second-order valence-corrected chi connectivity index (χ2v) is 9.09. The Kier molecular flexibility index (Phi) is 7.53. The van der Waals surface area contributed by atoms with Gasteiger partial charge in [-0.25, -0.2) is 17.9 Å². The van der Waals surface area contributed by atoms with Crippen molar-refractivity contribution in [2.45, 2.75) is 25.0 Å². The molecule has 3 N–H and O–H groups in total. The highest BCUT2D eigenvalue weighted by Gasteiger charge is 2.13.